The fourth-order valence-corrected chi connectivity index (χ4v) is 1.15. The van der Waals surface area contributed by atoms with Crippen LogP contribution < -0.4 is 0 Å². The van der Waals surface area contributed by atoms with E-state index in [1.807, 2.05) is 0 Å². The first-order valence-electron chi connectivity index (χ1n) is 3.35. The van der Waals surface area contributed by atoms with Gasteiger partial charge in [-0.15, -0.1) is 0 Å². The van der Waals surface area contributed by atoms with Crippen LogP contribution in [0.2, 0.25) is 0 Å². The summed E-state index contributed by atoms with van der Waals surface area (Å²) in [4.78, 5) is 40.3. The van der Waals surface area contributed by atoms with Gasteiger partial charge in [0.2, 0.25) is 0 Å². The van der Waals surface area contributed by atoms with Gasteiger partial charge in [-0.3, -0.25) is 29.8 Å². The van der Waals surface area contributed by atoms with E-state index in [9.17, 15) is 29.8 Å². The highest BCUT2D eigenvalue weighted by atomic mass is 35.5. The summed E-state index contributed by atoms with van der Waals surface area (Å²) in [5, 5.41) is 19.5. The van der Waals surface area contributed by atoms with Crippen LogP contribution in [0.15, 0.2) is 22.5 Å². The standard InChI is InChI=1S/C6HClN2O6/c7-4-5(9(14)15)3(10)1-2(6(4)11)8(12)13/h1H. The van der Waals surface area contributed by atoms with Gasteiger partial charge in [0.1, 0.15) is 0 Å². The second-order valence-corrected chi connectivity index (χ2v) is 2.78. The van der Waals surface area contributed by atoms with Crippen LogP contribution in [-0.4, -0.2) is 21.4 Å². The topological polar surface area (TPSA) is 120 Å². The molecule has 0 bridgehead atoms. The van der Waals surface area contributed by atoms with Crippen molar-refractivity contribution in [3.8, 4) is 0 Å². The fourth-order valence-electron chi connectivity index (χ4n) is 0.892. The van der Waals surface area contributed by atoms with Gasteiger partial charge in [-0.25, -0.2) is 0 Å². The maximum Gasteiger partial charge on any atom is 0.339 e. The van der Waals surface area contributed by atoms with Crippen molar-refractivity contribution in [1.29, 1.82) is 0 Å². The van der Waals surface area contributed by atoms with E-state index in [2.05, 4.69) is 0 Å². The first-order valence-corrected chi connectivity index (χ1v) is 3.73. The quantitative estimate of drug-likeness (QED) is 0.376. The summed E-state index contributed by atoms with van der Waals surface area (Å²) in [5.41, 5.74) is -2.22. The van der Waals surface area contributed by atoms with Crippen molar-refractivity contribution in [2.75, 3.05) is 0 Å². The summed E-state index contributed by atoms with van der Waals surface area (Å²) in [6.45, 7) is 0. The van der Waals surface area contributed by atoms with E-state index in [-0.39, 0.29) is 6.08 Å². The summed E-state index contributed by atoms with van der Waals surface area (Å²) >= 11 is 5.18. The number of Topliss-reactive ketones (excluding diaryl/α,β-unsaturated/α-hetero) is 1. The van der Waals surface area contributed by atoms with Gasteiger partial charge in [0.05, 0.1) is 15.9 Å². The van der Waals surface area contributed by atoms with Crippen LogP contribution in [0.5, 0.6) is 0 Å². The Bertz CT molecular complexity index is 462. The molecule has 0 atom stereocenters. The van der Waals surface area contributed by atoms with Crippen molar-refractivity contribution >= 4 is 23.2 Å². The third kappa shape index (κ3) is 1.74. The largest absolute Gasteiger partial charge is 0.339 e. The molecule has 0 spiro atoms. The zero-order chi connectivity index (χ0) is 11.7. The molecule has 0 heterocycles. The van der Waals surface area contributed by atoms with E-state index in [4.69, 9.17) is 11.6 Å². The molecule has 0 saturated heterocycles. The SMILES string of the molecule is O=C1C=C([N+](=O)[O-])C(=O)C(Cl)=C1[N+](=O)[O-]. The van der Waals surface area contributed by atoms with Gasteiger partial charge in [-0.05, 0) is 0 Å². The molecule has 1 aliphatic rings. The van der Waals surface area contributed by atoms with Crippen LogP contribution in [0.25, 0.3) is 0 Å². The highest BCUT2D eigenvalue weighted by molar-refractivity contribution is 6.48. The van der Waals surface area contributed by atoms with Gasteiger partial charge in [0.25, 0.3) is 11.6 Å². The third-order valence-corrected chi connectivity index (χ3v) is 1.87. The lowest BCUT2D eigenvalue weighted by molar-refractivity contribution is -0.424. The van der Waals surface area contributed by atoms with Crippen molar-refractivity contribution < 1.29 is 19.4 Å². The summed E-state index contributed by atoms with van der Waals surface area (Å²) in [6.07, 6.45) is 0.284. The highest BCUT2D eigenvalue weighted by Gasteiger charge is 2.41. The van der Waals surface area contributed by atoms with E-state index >= 15 is 0 Å². The molecule has 0 saturated carbocycles. The van der Waals surface area contributed by atoms with Crippen LogP contribution in [0.3, 0.4) is 0 Å². The molecular weight excluding hydrogens is 232 g/mol. The Hall–Kier alpha value is -2.09. The zero-order valence-corrected chi connectivity index (χ0v) is 7.56. The summed E-state index contributed by atoms with van der Waals surface area (Å²) in [6, 6.07) is 0. The number of allylic oxidation sites excluding steroid dienone is 2. The number of nitrogens with zero attached hydrogens (tertiary/aromatic N) is 2. The molecule has 15 heavy (non-hydrogen) atoms. The molecule has 0 unspecified atom stereocenters. The number of carbonyl (C=O) groups excluding carboxylic acids is 2. The molecule has 0 N–H and O–H groups in total. The minimum atomic E-state index is -1.34. The highest BCUT2D eigenvalue weighted by Crippen LogP contribution is 2.22. The lowest BCUT2D eigenvalue weighted by Gasteiger charge is -2.03. The van der Waals surface area contributed by atoms with E-state index in [0.29, 0.717) is 0 Å². The molecule has 0 aromatic rings. The molecule has 0 aliphatic heterocycles. The number of rotatable bonds is 2. The van der Waals surface area contributed by atoms with Gasteiger partial charge >= 0.3 is 11.4 Å². The monoisotopic (exact) mass is 232 g/mol. The predicted octanol–water partition coefficient (Wildman–Crippen LogP) is 0.0259. The first kappa shape index (κ1) is 11.0. The number of halogens is 1. The molecule has 0 amide bonds. The van der Waals surface area contributed by atoms with E-state index in [0.717, 1.165) is 0 Å². The average molecular weight is 233 g/mol. The lowest BCUT2D eigenvalue weighted by Crippen LogP contribution is -2.24. The molecular formula is C6HClN2O6. The number of hydrogen-bond donors (Lipinski definition) is 0. The van der Waals surface area contributed by atoms with Gasteiger partial charge in [-0.2, -0.15) is 0 Å². The molecule has 0 aromatic heterocycles. The molecule has 0 fully saturated rings. The summed E-state index contributed by atoms with van der Waals surface area (Å²) < 4.78 is 0. The third-order valence-electron chi connectivity index (χ3n) is 1.52. The maximum absolute atomic E-state index is 11.1. The van der Waals surface area contributed by atoms with Crippen LogP contribution >= 0.6 is 11.6 Å². The van der Waals surface area contributed by atoms with Crippen LogP contribution in [0.4, 0.5) is 0 Å². The van der Waals surface area contributed by atoms with Crippen molar-refractivity contribution in [2.45, 2.75) is 0 Å². The molecule has 78 valence electrons. The average Bonchev–Trinajstić information content (AvgIpc) is 2.10. The van der Waals surface area contributed by atoms with Crippen LogP contribution in [0, 0.1) is 20.2 Å². The Labute approximate surface area is 86.1 Å². The summed E-state index contributed by atoms with van der Waals surface area (Å²) in [5.74, 6) is -2.61. The number of hydrogen-bond acceptors (Lipinski definition) is 6. The van der Waals surface area contributed by atoms with Gasteiger partial charge in [-0.1, -0.05) is 11.6 Å². The Kier molecular flexibility index (Phi) is 2.62. The Morgan fingerprint density at radius 1 is 1.13 bits per heavy atom. The van der Waals surface area contributed by atoms with Crippen molar-refractivity contribution in [2.24, 2.45) is 0 Å². The van der Waals surface area contributed by atoms with Gasteiger partial charge < -0.3 is 0 Å². The van der Waals surface area contributed by atoms with E-state index in [1.54, 1.807) is 0 Å². The number of carbonyl (C=O) groups is 2. The fraction of sp³-hybridized carbons (Fsp3) is 0. The Morgan fingerprint density at radius 2 is 1.67 bits per heavy atom. The lowest BCUT2D eigenvalue weighted by atomic mass is 10.1. The number of ketones is 2. The van der Waals surface area contributed by atoms with Crippen molar-refractivity contribution in [1.82, 2.24) is 0 Å². The number of nitro groups is 2. The normalized spacial score (nSPS) is 16.5. The summed E-state index contributed by atoms with van der Waals surface area (Å²) in [7, 11) is 0. The molecule has 8 nitrogen and oxygen atoms in total. The minimum Gasteiger partial charge on any atom is -0.282 e. The van der Waals surface area contributed by atoms with Gasteiger partial charge in [0.15, 0.2) is 5.03 Å². The zero-order valence-electron chi connectivity index (χ0n) is 6.80. The first-order chi connectivity index (χ1) is 6.86. The van der Waals surface area contributed by atoms with Crippen LogP contribution in [-0.2, 0) is 9.59 Å². The maximum atomic E-state index is 11.1. The smallest absolute Gasteiger partial charge is 0.282 e. The van der Waals surface area contributed by atoms with Crippen molar-refractivity contribution in [3.63, 3.8) is 0 Å². The predicted molar refractivity (Wildman–Crippen MR) is 45.0 cm³/mol. The molecule has 9 heteroatoms. The Balaban J connectivity index is 3.32. The van der Waals surface area contributed by atoms with E-state index in [1.165, 1.54) is 0 Å². The minimum absolute atomic E-state index is 0.284. The van der Waals surface area contributed by atoms with Gasteiger partial charge in [0, 0.05) is 0 Å². The van der Waals surface area contributed by atoms with Crippen LogP contribution in [0.1, 0.15) is 0 Å². The van der Waals surface area contributed by atoms with E-state index < -0.39 is 37.8 Å². The van der Waals surface area contributed by atoms with Crippen molar-refractivity contribution in [3.05, 3.63) is 42.7 Å². The molecule has 0 aromatic carbocycles. The molecule has 0 radical (unpaired) electrons. The second kappa shape index (κ2) is 3.58. The second-order valence-electron chi connectivity index (χ2n) is 2.40. The molecule has 1 aliphatic carbocycles. The molecule has 1 rings (SSSR count). The Morgan fingerprint density at radius 3 is 2.07 bits per heavy atom.